The summed E-state index contributed by atoms with van der Waals surface area (Å²) in [5.74, 6) is -0.0656. The number of Topliss-reactive ketones (excluding diaryl/α,β-unsaturated/α-hetero) is 1. The van der Waals surface area contributed by atoms with E-state index in [2.05, 4.69) is 22.5 Å². The maximum Gasteiger partial charge on any atom is 0.170 e. The second-order valence-corrected chi connectivity index (χ2v) is 4.47. The van der Waals surface area contributed by atoms with Crippen LogP contribution in [0, 0.1) is 5.41 Å². The Labute approximate surface area is 74.6 Å². The average molecular weight is 226 g/mol. The lowest BCUT2D eigenvalue weighted by Gasteiger charge is -2.17. The Balaban J connectivity index is 4.33. The largest absolute Gasteiger partial charge is 0.296 e. The van der Waals surface area contributed by atoms with Crippen molar-refractivity contribution >= 4 is 33.3 Å². The van der Waals surface area contributed by atoms with E-state index < -0.39 is 9.70 Å². The van der Waals surface area contributed by atoms with E-state index >= 15 is 0 Å². The SMILES string of the molecule is C=CC(C)(C)C(=O)C(Cl)Br. The van der Waals surface area contributed by atoms with Gasteiger partial charge in [0.1, 0.15) is 4.29 Å². The minimum atomic E-state index is -0.611. The molecule has 0 rings (SSSR count). The van der Waals surface area contributed by atoms with Crippen LogP contribution >= 0.6 is 27.5 Å². The molecule has 0 aromatic heterocycles. The summed E-state index contributed by atoms with van der Waals surface area (Å²) in [7, 11) is 0. The summed E-state index contributed by atoms with van der Waals surface area (Å²) in [5.41, 5.74) is -0.532. The molecular formula is C7H10BrClO. The fraction of sp³-hybridized carbons (Fsp3) is 0.571. The van der Waals surface area contributed by atoms with Gasteiger partial charge >= 0.3 is 0 Å². The van der Waals surface area contributed by atoms with Gasteiger partial charge in [0.2, 0.25) is 0 Å². The van der Waals surface area contributed by atoms with E-state index in [1.807, 2.05) is 0 Å². The highest BCUT2D eigenvalue weighted by molar-refractivity contribution is 9.10. The molecule has 0 aliphatic rings. The Hall–Kier alpha value is 0.180. The molecule has 0 saturated heterocycles. The van der Waals surface area contributed by atoms with E-state index in [9.17, 15) is 4.79 Å². The first-order chi connectivity index (χ1) is 4.41. The van der Waals surface area contributed by atoms with E-state index in [4.69, 9.17) is 11.6 Å². The number of carbonyl (C=O) groups excluding carboxylic acids is 1. The van der Waals surface area contributed by atoms with Crippen molar-refractivity contribution in [1.82, 2.24) is 0 Å². The van der Waals surface area contributed by atoms with Gasteiger partial charge in [0.05, 0.1) is 0 Å². The zero-order chi connectivity index (χ0) is 8.36. The quantitative estimate of drug-likeness (QED) is 0.533. The van der Waals surface area contributed by atoms with Crippen molar-refractivity contribution in [2.24, 2.45) is 5.41 Å². The summed E-state index contributed by atoms with van der Waals surface area (Å²) in [6.07, 6.45) is 1.59. The highest BCUT2D eigenvalue weighted by Gasteiger charge is 2.27. The summed E-state index contributed by atoms with van der Waals surface area (Å²) in [5, 5.41) is 0. The summed E-state index contributed by atoms with van der Waals surface area (Å²) in [4.78, 5) is 11.1. The van der Waals surface area contributed by atoms with Gasteiger partial charge in [-0.25, -0.2) is 0 Å². The molecule has 3 heteroatoms. The lowest BCUT2D eigenvalue weighted by atomic mass is 9.89. The van der Waals surface area contributed by atoms with Crippen LogP contribution in [0.2, 0.25) is 0 Å². The zero-order valence-electron chi connectivity index (χ0n) is 6.03. The Morgan fingerprint density at radius 1 is 1.80 bits per heavy atom. The third-order valence-corrected chi connectivity index (χ3v) is 1.96. The predicted molar refractivity (Wildman–Crippen MR) is 47.6 cm³/mol. The molecule has 0 saturated carbocycles. The highest BCUT2D eigenvalue weighted by Crippen LogP contribution is 2.24. The Kier molecular flexibility index (Phi) is 3.60. The number of hydrogen-bond acceptors (Lipinski definition) is 1. The van der Waals surface area contributed by atoms with Gasteiger partial charge in [-0.05, 0) is 13.8 Å². The average Bonchev–Trinajstić information content (AvgIpc) is 1.86. The van der Waals surface area contributed by atoms with Crippen LogP contribution in [-0.2, 0) is 4.79 Å². The maximum atomic E-state index is 11.1. The molecule has 0 radical (unpaired) electrons. The van der Waals surface area contributed by atoms with Gasteiger partial charge in [0, 0.05) is 5.41 Å². The number of alkyl halides is 2. The molecule has 0 aliphatic heterocycles. The van der Waals surface area contributed by atoms with Crippen molar-refractivity contribution in [2.45, 2.75) is 18.1 Å². The number of ketones is 1. The van der Waals surface area contributed by atoms with Crippen molar-refractivity contribution in [3.05, 3.63) is 12.7 Å². The Bertz CT molecular complexity index is 152. The first-order valence-corrected chi connectivity index (χ1v) is 4.23. The molecule has 1 unspecified atom stereocenters. The van der Waals surface area contributed by atoms with Gasteiger partial charge in [-0.1, -0.05) is 22.0 Å². The lowest BCUT2D eigenvalue weighted by Crippen LogP contribution is -2.26. The van der Waals surface area contributed by atoms with Crippen molar-refractivity contribution in [1.29, 1.82) is 0 Å². The van der Waals surface area contributed by atoms with Gasteiger partial charge in [0.15, 0.2) is 5.78 Å². The number of carbonyl (C=O) groups is 1. The van der Waals surface area contributed by atoms with E-state index in [-0.39, 0.29) is 5.78 Å². The molecule has 0 N–H and O–H groups in total. The summed E-state index contributed by atoms with van der Waals surface area (Å²) < 4.78 is -0.611. The molecule has 0 aliphatic carbocycles. The molecule has 1 atom stereocenters. The second kappa shape index (κ2) is 3.54. The first-order valence-electron chi connectivity index (χ1n) is 2.88. The monoisotopic (exact) mass is 224 g/mol. The minimum Gasteiger partial charge on any atom is -0.296 e. The van der Waals surface area contributed by atoms with Crippen LogP contribution in [0.25, 0.3) is 0 Å². The summed E-state index contributed by atoms with van der Waals surface area (Å²) >= 11 is 8.50. The van der Waals surface area contributed by atoms with Crippen LogP contribution in [0.1, 0.15) is 13.8 Å². The maximum absolute atomic E-state index is 11.1. The Morgan fingerprint density at radius 2 is 2.20 bits per heavy atom. The standard InChI is InChI=1S/C7H10BrClO/c1-4-7(2,3)5(10)6(8)9/h4,6H,1H2,2-3H3. The van der Waals surface area contributed by atoms with Crippen molar-refractivity contribution in [3.8, 4) is 0 Å². The molecule has 0 heterocycles. The fourth-order valence-electron chi connectivity index (χ4n) is 0.382. The van der Waals surface area contributed by atoms with Crippen LogP contribution in [-0.4, -0.2) is 10.1 Å². The van der Waals surface area contributed by atoms with Crippen LogP contribution in [0.3, 0.4) is 0 Å². The molecule has 0 fully saturated rings. The van der Waals surface area contributed by atoms with Crippen LogP contribution in [0.4, 0.5) is 0 Å². The van der Waals surface area contributed by atoms with E-state index in [1.54, 1.807) is 19.9 Å². The smallest absolute Gasteiger partial charge is 0.170 e. The molecule has 0 aromatic rings. The number of hydrogen-bond donors (Lipinski definition) is 0. The first kappa shape index (κ1) is 10.2. The third kappa shape index (κ3) is 2.43. The molecule has 58 valence electrons. The van der Waals surface area contributed by atoms with E-state index in [0.717, 1.165) is 0 Å². The van der Waals surface area contributed by atoms with Crippen LogP contribution in [0.15, 0.2) is 12.7 Å². The van der Waals surface area contributed by atoms with E-state index in [1.165, 1.54) is 0 Å². The topological polar surface area (TPSA) is 17.1 Å². The number of rotatable bonds is 3. The molecule has 1 nitrogen and oxygen atoms in total. The molecular weight excluding hydrogens is 215 g/mol. The predicted octanol–water partition coefficient (Wildman–Crippen LogP) is 2.73. The molecule has 10 heavy (non-hydrogen) atoms. The van der Waals surface area contributed by atoms with Crippen molar-refractivity contribution in [3.63, 3.8) is 0 Å². The van der Waals surface area contributed by atoms with Gasteiger partial charge < -0.3 is 0 Å². The van der Waals surface area contributed by atoms with Crippen molar-refractivity contribution in [2.75, 3.05) is 0 Å². The Morgan fingerprint density at radius 3 is 2.30 bits per heavy atom. The third-order valence-electron chi connectivity index (χ3n) is 1.34. The van der Waals surface area contributed by atoms with Gasteiger partial charge in [0.25, 0.3) is 0 Å². The summed E-state index contributed by atoms with van der Waals surface area (Å²) in [6.45, 7) is 7.09. The zero-order valence-corrected chi connectivity index (χ0v) is 8.37. The highest BCUT2D eigenvalue weighted by atomic mass is 79.9. The van der Waals surface area contributed by atoms with Crippen LogP contribution < -0.4 is 0 Å². The van der Waals surface area contributed by atoms with Gasteiger partial charge in [-0.2, -0.15) is 0 Å². The molecule has 0 bridgehead atoms. The van der Waals surface area contributed by atoms with E-state index in [0.29, 0.717) is 0 Å². The van der Waals surface area contributed by atoms with Crippen LogP contribution in [0.5, 0.6) is 0 Å². The molecule has 0 spiro atoms. The van der Waals surface area contributed by atoms with Gasteiger partial charge in [-0.3, -0.25) is 4.79 Å². The fourth-order valence-corrected chi connectivity index (χ4v) is 1.25. The minimum absolute atomic E-state index is 0.0656. The van der Waals surface area contributed by atoms with Gasteiger partial charge in [-0.15, -0.1) is 18.2 Å². The number of halogens is 2. The normalized spacial score (nSPS) is 14.4. The summed E-state index contributed by atoms with van der Waals surface area (Å²) in [6, 6.07) is 0. The second-order valence-electron chi connectivity index (χ2n) is 2.59. The lowest BCUT2D eigenvalue weighted by molar-refractivity contribution is -0.122. The van der Waals surface area contributed by atoms with Crippen molar-refractivity contribution < 1.29 is 4.79 Å². The molecule has 0 aromatic carbocycles. The number of allylic oxidation sites excluding steroid dienone is 1. The molecule has 0 amide bonds.